The maximum atomic E-state index is 9.18. The minimum Gasteiger partial charge on any atom is -0.394 e. The van der Waals surface area contributed by atoms with Gasteiger partial charge in [0.25, 0.3) is 0 Å². The fourth-order valence-electron chi connectivity index (χ4n) is 2.00. The number of aryl methyl sites for hydroxylation is 2. The van der Waals surface area contributed by atoms with E-state index in [0.717, 1.165) is 19.4 Å². The molecule has 82 valence electrons. The van der Waals surface area contributed by atoms with E-state index in [0.29, 0.717) is 0 Å². The van der Waals surface area contributed by atoms with Crippen LogP contribution in [-0.4, -0.2) is 17.3 Å². The number of hydrogen-bond donors (Lipinski definition) is 2. The van der Waals surface area contributed by atoms with Gasteiger partial charge in [-0.25, -0.2) is 0 Å². The Balaban J connectivity index is 1.99. The lowest BCUT2D eigenvalue weighted by atomic mass is 10.1. The lowest BCUT2D eigenvalue weighted by Crippen LogP contribution is -2.34. The summed E-state index contributed by atoms with van der Waals surface area (Å²) in [5.41, 5.74) is 3.96. The van der Waals surface area contributed by atoms with Crippen molar-refractivity contribution in [2.45, 2.75) is 38.8 Å². The van der Waals surface area contributed by atoms with E-state index in [2.05, 4.69) is 37.4 Å². The number of aliphatic hydroxyl groups excluding tert-OH is 1. The summed E-state index contributed by atoms with van der Waals surface area (Å²) in [5, 5.41) is 12.6. The van der Waals surface area contributed by atoms with Gasteiger partial charge in [-0.1, -0.05) is 29.3 Å². The molecule has 0 atom stereocenters. The monoisotopic (exact) mass is 205 g/mol. The topological polar surface area (TPSA) is 32.3 Å². The summed E-state index contributed by atoms with van der Waals surface area (Å²) in [6, 6.07) is 6.59. The molecule has 0 unspecified atom stereocenters. The van der Waals surface area contributed by atoms with Gasteiger partial charge in [0.2, 0.25) is 0 Å². The van der Waals surface area contributed by atoms with Crippen LogP contribution in [0.4, 0.5) is 0 Å². The van der Waals surface area contributed by atoms with E-state index >= 15 is 0 Å². The van der Waals surface area contributed by atoms with Crippen LogP contribution in [0.3, 0.4) is 0 Å². The first kappa shape index (κ1) is 10.7. The highest BCUT2D eigenvalue weighted by molar-refractivity contribution is 5.28. The molecule has 1 aliphatic carbocycles. The van der Waals surface area contributed by atoms with Crippen molar-refractivity contribution in [3.63, 3.8) is 0 Å². The second-order valence-electron chi connectivity index (χ2n) is 4.79. The molecule has 0 radical (unpaired) electrons. The summed E-state index contributed by atoms with van der Waals surface area (Å²) < 4.78 is 0. The first-order valence-electron chi connectivity index (χ1n) is 5.57. The molecule has 2 N–H and O–H groups in total. The number of aliphatic hydroxyl groups is 1. The van der Waals surface area contributed by atoms with Gasteiger partial charge in [-0.2, -0.15) is 0 Å². The molecule has 0 aromatic heterocycles. The van der Waals surface area contributed by atoms with Crippen molar-refractivity contribution in [3.05, 3.63) is 34.9 Å². The molecule has 2 rings (SSSR count). The molecular weight excluding hydrogens is 186 g/mol. The van der Waals surface area contributed by atoms with E-state index in [-0.39, 0.29) is 12.1 Å². The smallest absolute Gasteiger partial charge is 0.0613 e. The Kier molecular flexibility index (Phi) is 2.81. The third-order valence-corrected chi connectivity index (χ3v) is 3.11. The van der Waals surface area contributed by atoms with Gasteiger partial charge >= 0.3 is 0 Å². The van der Waals surface area contributed by atoms with Crippen LogP contribution >= 0.6 is 0 Å². The SMILES string of the molecule is Cc1cc(C)cc(CNC2(CO)CC2)c1. The van der Waals surface area contributed by atoms with Gasteiger partial charge in [-0.3, -0.25) is 0 Å². The zero-order chi connectivity index (χ0) is 10.9. The largest absolute Gasteiger partial charge is 0.394 e. The Morgan fingerprint density at radius 3 is 2.27 bits per heavy atom. The van der Waals surface area contributed by atoms with Crippen molar-refractivity contribution < 1.29 is 5.11 Å². The van der Waals surface area contributed by atoms with Crippen LogP contribution in [0.1, 0.15) is 29.5 Å². The molecule has 0 amide bonds. The van der Waals surface area contributed by atoms with Gasteiger partial charge in [0.05, 0.1) is 6.61 Å². The van der Waals surface area contributed by atoms with Crippen molar-refractivity contribution in [2.75, 3.05) is 6.61 Å². The molecule has 2 nitrogen and oxygen atoms in total. The molecule has 0 heterocycles. The summed E-state index contributed by atoms with van der Waals surface area (Å²) in [6.07, 6.45) is 2.21. The average molecular weight is 205 g/mol. The Hall–Kier alpha value is -0.860. The van der Waals surface area contributed by atoms with E-state index in [4.69, 9.17) is 0 Å². The molecule has 2 heteroatoms. The number of nitrogens with one attached hydrogen (secondary N) is 1. The zero-order valence-corrected chi connectivity index (χ0v) is 9.51. The lowest BCUT2D eigenvalue weighted by molar-refractivity contribution is 0.229. The molecule has 15 heavy (non-hydrogen) atoms. The van der Waals surface area contributed by atoms with E-state index in [1.165, 1.54) is 16.7 Å². The molecule has 0 spiro atoms. The first-order valence-corrected chi connectivity index (χ1v) is 5.57. The Morgan fingerprint density at radius 2 is 1.80 bits per heavy atom. The van der Waals surface area contributed by atoms with Crippen molar-refractivity contribution >= 4 is 0 Å². The van der Waals surface area contributed by atoms with Gasteiger partial charge in [0, 0.05) is 12.1 Å². The van der Waals surface area contributed by atoms with Gasteiger partial charge < -0.3 is 10.4 Å². The first-order chi connectivity index (χ1) is 7.13. The van der Waals surface area contributed by atoms with Crippen molar-refractivity contribution in [1.29, 1.82) is 0 Å². The van der Waals surface area contributed by atoms with Crippen LogP contribution in [-0.2, 0) is 6.54 Å². The van der Waals surface area contributed by atoms with Gasteiger partial charge in [0.1, 0.15) is 0 Å². The van der Waals surface area contributed by atoms with E-state index in [1.807, 2.05) is 0 Å². The normalized spacial score (nSPS) is 17.8. The van der Waals surface area contributed by atoms with E-state index in [1.54, 1.807) is 0 Å². The van der Waals surface area contributed by atoms with Crippen molar-refractivity contribution in [3.8, 4) is 0 Å². The maximum Gasteiger partial charge on any atom is 0.0613 e. The second-order valence-corrected chi connectivity index (χ2v) is 4.79. The predicted octanol–water partition coefficient (Wildman–Crippen LogP) is 1.92. The highest BCUT2D eigenvalue weighted by Gasteiger charge is 2.41. The molecule has 1 aromatic rings. The number of hydrogen-bond acceptors (Lipinski definition) is 2. The van der Waals surface area contributed by atoms with Crippen LogP contribution in [0.15, 0.2) is 18.2 Å². The minimum atomic E-state index is 0.0393. The van der Waals surface area contributed by atoms with Crippen LogP contribution in [0, 0.1) is 13.8 Å². The van der Waals surface area contributed by atoms with Crippen molar-refractivity contribution in [2.24, 2.45) is 0 Å². The quantitative estimate of drug-likeness (QED) is 0.787. The van der Waals surface area contributed by atoms with Gasteiger partial charge in [-0.15, -0.1) is 0 Å². The van der Waals surface area contributed by atoms with Crippen molar-refractivity contribution in [1.82, 2.24) is 5.32 Å². The zero-order valence-electron chi connectivity index (χ0n) is 9.51. The maximum absolute atomic E-state index is 9.18. The fourth-order valence-corrected chi connectivity index (χ4v) is 2.00. The highest BCUT2D eigenvalue weighted by Crippen LogP contribution is 2.34. The van der Waals surface area contributed by atoms with Crippen LogP contribution in [0.5, 0.6) is 0 Å². The summed E-state index contributed by atoms with van der Waals surface area (Å²) in [6.45, 7) is 5.37. The fraction of sp³-hybridized carbons (Fsp3) is 0.538. The van der Waals surface area contributed by atoms with Gasteiger partial charge in [-0.05, 0) is 32.3 Å². The lowest BCUT2D eigenvalue weighted by Gasteiger charge is -2.14. The summed E-state index contributed by atoms with van der Waals surface area (Å²) in [7, 11) is 0. The molecule has 0 aliphatic heterocycles. The molecular formula is C13H19NO. The minimum absolute atomic E-state index is 0.0393. The molecule has 1 aliphatic rings. The molecule has 1 fully saturated rings. The summed E-state index contributed by atoms with van der Waals surface area (Å²) in [5.74, 6) is 0. The Morgan fingerprint density at radius 1 is 1.20 bits per heavy atom. The van der Waals surface area contributed by atoms with Gasteiger partial charge in [0.15, 0.2) is 0 Å². The van der Waals surface area contributed by atoms with Crippen LogP contribution in [0.2, 0.25) is 0 Å². The standard InChI is InChI=1S/C13H19NO/c1-10-5-11(2)7-12(6-10)8-14-13(9-15)3-4-13/h5-7,14-15H,3-4,8-9H2,1-2H3. The average Bonchev–Trinajstić information content (AvgIpc) is 2.94. The van der Waals surface area contributed by atoms with Crippen LogP contribution in [0.25, 0.3) is 0 Å². The van der Waals surface area contributed by atoms with E-state index in [9.17, 15) is 5.11 Å². The second kappa shape index (κ2) is 3.95. The van der Waals surface area contributed by atoms with Crippen LogP contribution < -0.4 is 5.32 Å². The summed E-state index contributed by atoms with van der Waals surface area (Å²) in [4.78, 5) is 0. The Bertz CT molecular complexity index is 335. The Labute approximate surface area is 91.3 Å². The molecule has 0 saturated heterocycles. The third kappa shape index (κ3) is 2.58. The number of benzene rings is 1. The van der Waals surface area contributed by atoms with E-state index < -0.39 is 0 Å². The third-order valence-electron chi connectivity index (χ3n) is 3.11. The predicted molar refractivity (Wildman–Crippen MR) is 61.8 cm³/mol. The molecule has 1 saturated carbocycles. The highest BCUT2D eigenvalue weighted by atomic mass is 16.3. The molecule has 0 bridgehead atoms. The molecule has 1 aromatic carbocycles. The summed E-state index contributed by atoms with van der Waals surface area (Å²) >= 11 is 0. The number of rotatable bonds is 4.